The summed E-state index contributed by atoms with van der Waals surface area (Å²) in [4.78, 5) is 0.188. The average molecular weight is 340 g/mol. The van der Waals surface area contributed by atoms with Crippen molar-refractivity contribution in [3.63, 3.8) is 0 Å². The lowest BCUT2D eigenvalue weighted by Gasteiger charge is -2.20. The minimum atomic E-state index is -3.60. The third-order valence-corrected chi connectivity index (χ3v) is 5.27. The summed E-state index contributed by atoms with van der Waals surface area (Å²) in [5, 5.41) is 4.48. The van der Waals surface area contributed by atoms with Gasteiger partial charge in [-0.15, -0.1) is 6.58 Å². The van der Waals surface area contributed by atoms with E-state index in [4.69, 9.17) is 11.6 Å². The first-order valence-corrected chi connectivity index (χ1v) is 8.59. The molecule has 0 N–H and O–H groups in total. The maximum atomic E-state index is 12.7. The summed E-state index contributed by atoms with van der Waals surface area (Å²) >= 11 is 5.89. The number of hydrogen-bond acceptors (Lipinski definition) is 3. The molecule has 22 heavy (non-hydrogen) atoms. The molecule has 118 valence electrons. The fourth-order valence-electron chi connectivity index (χ4n) is 2.08. The number of aryl methyl sites for hydroxylation is 1. The van der Waals surface area contributed by atoms with Crippen LogP contribution in [0.5, 0.6) is 0 Å². The largest absolute Gasteiger partial charge is 0.276 e. The molecule has 0 spiro atoms. The van der Waals surface area contributed by atoms with Gasteiger partial charge in [0, 0.05) is 31.4 Å². The molecule has 0 amide bonds. The Bertz CT molecular complexity index is 756. The van der Waals surface area contributed by atoms with Crippen LogP contribution in [-0.2, 0) is 23.5 Å². The zero-order chi connectivity index (χ0) is 16.2. The van der Waals surface area contributed by atoms with Crippen molar-refractivity contribution in [1.29, 1.82) is 0 Å². The Morgan fingerprint density at radius 2 is 2.23 bits per heavy atom. The smallest absolute Gasteiger partial charge is 0.243 e. The summed E-state index contributed by atoms with van der Waals surface area (Å²) in [6.45, 7) is 4.23. The number of sulfonamides is 1. The van der Waals surface area contributed by atoms with E-state index in [2.05, 4.69) is 11.7 Å². The van der Waals surface area contributed by atoms with Gasteiger partial charge in [0.25, 0.3) is 0 Å². The number of aromatic nitrogens is 2. The van der Waals surface area contributed by atoms with Gasteiger partial charge in [-0.3, -0.25) is 4.68 Å². The molecular formula is C15H18ClN3O2S. The molecule has 0 atom stereocenters. The molecule has 1 heterocycles. The van der Waals surface area contributed by atoms with Crippen molar-refractivity contribution in [2.75, 3.05) is 13.1 Å². The molecular weight excluding hydrogens is 322 g/mol. The van der Waals surface area contributed by atoms with Crippen molar-refractivity contribution in [3.8, 4) is 0 Å². The number of hydrogen-bond donors (Lipinski definition) is 0. The van der Waals surface area contributed by atoms with E-state index >= 15 is 0 Å². The van der Waals surface area contributed by atoms with E-state index < -0.39 is 10.0 Å². The van der Waals surface area contributed by atoms with E-state index in [9.17, 15) is 8.42 Å². The van der Waals surface area contributed by atoms with E-state index in [1.807, 2.05) is 13.2 Å². The summed E-state index contributed by atoms with van der Waals surface area (Å²) in [5.74, 6) is 0. The molecule has 0 unspecified atom stereocenters. The van der Waals surface area contributed by atoms with E-state index in [0.29, 0.717) is 18.0 Å². The lowest BCUT2D eigenvalue weighted by Crippen LogP contribution is -2.33. The Hall–Kier alpha value is -1.63. The Morgan fingerprint density at radius 3 is 2.82 bits per heavy atom. The van der Waals surface area contributed by atoms with Crippen molar-refractivity contribution in [3.05, 3.63) is 59.9 Å². The van der Waals surface area contributed by atoms with Crippen molar-refractivity contribution in [2.24, 2.45) is 7.05 Å². The summed E-state index contributed by atoms with van der Waals surface area (Å²) in [6, 6.07) is 6.27. The Kier molecular flexibility index (Phi) is 5.39. The zero-order valence-electron chi connectivity index (χ0n) is 12.3. The number of rotatable bonds is 7. The minimum absolute atomic E-state index is 0.188. The van der Waals surface area contributed by atoms with Crippen molar-refractivity contribution < 1.29 is 8.42 Å². The Labute approximate surface area is 135 Å². The lowest BCUT2D eigenvalue weighted by molar-refractivity contribution is 0.445. The van der Waals surface area contributed by atoms with Crippen LogP contribution in [0.15, 0.2) is 54.2 Å². The van der Waals surface area contributed by atoms with Gasteiger partial charge in [-0.1, -0.05) is 23.7 Å². The standard InChI is InChI=1S/C15H18ClN3O2S/c1-3-8-19(9-7-13-11-17-18(2)12-13)22(20,21)15-6-4-5-14(16)10-15/h3-6,10-12H,1,7-9H2,2H3. The molecule has 0 aliphatic rings. The number of benzene rings is 1. The minimum Gasteiger partial charge on any atom is -0.276 e. The Morgan fingerprint density at radius 1 is 1.45 bits per heavy atom. The van der Waals surface area contributed by atoms with Crippen LogP contribution in [0.2, 0.25) is 5.02 Å². The van der Waals surface area contributed by atoms with Gasteiger partial charge in [0.05, 0.1) is 11.1 Å². The van der Waals surface area contributed by atoms with Crippen molar-refractivity contribution in [2.45, 2.75) is 11.3 Å². The van der Waals surface area contributed by atoms with E-state index in [1.54, 1.807) is 35.2 Å². The van der Waals surface area contributed by atoms with Gasteiger partial charge < -0.3 is 0 Å². The van der Waals surface area contributed by atoms with Gasteiger partial charge in [0.15, 0.2) is 0 Å². The summed E-state index contributed by atoms with van der Waals surface area (Å²) in [6.07, 6.45) is 5.77. The zero-order valence-corrected chi connectivity index (χ0v) is 13.9. The highest BCUT2D eigenvalue weighted by molar-refractivity contribution is 7.89. The summed E-state index contributed by atoms with van der Waals surface area (Å²) in [5.41, 5.74) is 0.984. The fourth-order valence-corrected chi connectivity index (χ4v) is 3.80. The predicted molar refractivity (Wildman–Crippen MR) is 87.3 cm³/mol. The second kappa shape index (κ2) is 7.09. The van der Waals surface area contributed by atoms with Crippen LogP contribution >= 0.6 is 11.6 Å². The molecule has 0 fully saturated rings. The van der Waals surface area contributed by atoms with Crippen LogP contribution in [0, 0.1) is 0 Å². The topological polar surface area (TPSA) is 55.2 Å². The number of halogens is 1. The van der Waals surface area contributed by atoms with Crippen molar-refractivity contribution >= 4 is 21.6 Å². The molecule has 0 saturated heterocycles. The van der Waals surface area contributed by atoms with Gasteiger partial charge in [0.2, 0.25) is 10.0 Å². The monoisotopic (exact) mass is 339 g/mol. The molecule has 5 nitrogen and oxygen atoms in total. The van der Waals surface area contributed by atoms with Gasteiger partial charge in [-0.2, -0.15) is 9.40 Å². The maximum Gasteiger partial charge on any atom is 0.243 e. The number of nitrogens with zero attached hydrogens (tertiary/aromatic N) is 3. The molecule has 0 aliphatic carbocycles. The molecule has 0 aliphatic heterocycles. The van der Waals surface area contributed by atoms with Crippen LogP contribution < -0.4 is 0 Å². The highest BCUT2D eigenvalue weighted by Gasteiger charge is 2.23. The van der Waals surface area contributed by atoms with Crippen LogP contribution in [0.25, 0.3) is 0 Å². The SMILES string of the molecule is C=CCN(CCc1cnn(C)c1)S(=O)(=O)c1cccc(Cl)c1. The summed E-state index contributed by atoms with van der Waals surface area (Å²) < 4.78 is 28.5. The average Bonchev–Trinajstić information content (AvgIpc) is 2.89. The maximum absolute atomic E-state index is 12.7. The lowest BCUT2D eigenvalue weighted by atomic mass is 10.2. The normalized spacial score (nSPS) is 11.8. The van der Waals surface area contributed by atoms with E-state index in [0.717, 1.165) is 5.56 Å². The van der Waals surface area contributed by atoms with Gasteiger partial charge >= 0.3 is 0 Å². The quantitative estimate of drug-likeness (QED) is 0.728. The second-order valence-corrected chi connectivity index (χ2v) is 7.26. The highest BCUT2D eigenvalue weighted by Crippen LogP contribution is 2.20. The molecule has 0 saturated carbocycles. The fraction of sp³-hybridized carbons (Fsp3) is 0.267. The van der Waals surface area contributed by atoms with Crippen LogP contribution in [0.3, 0.4) is 0 Å². The van der Waals surface area contributed by atoms with Crippen molar-refractivity contribution in [1.82, 2.24) is 14.1 Å². The van der Waals surface area contributed by atoms with Crippen LogP contribution in [0.1, 0.15) is 5.56 Å². The van der Waals surface area contributed by atoms with Gasteiger partial charge in [-0.25, -0.2) is 8.42 Å². The molecule has 0 bridgehead atoms. The first kappa shape index (κ1) is 16.7. The molecule has 7 heteroatoms. The van der Waals surface area contributed by atoms with Gasteiger partial charge in [0.1, 0.15) is 0 Å². The molecule has 1 aromatic carbocycles. The third kappa shape index (κ3) is 3.97. The molecule has 1 aromatic heterocycles. The predicted octanol–water partition coefficient (Wildman–Crippen LogP) is 2.49. The van der Waals surface area contributed by atoms with Gasteiger partial charge in [-0.05, 0) is 30.2 Å². The van der Waals surface area contributed by atoms with Crippen LogP contribution in [0.4, 0.5) is 0 Å². The first-order valence-electron chi connectivity index (χ1n) is 6.77. The Balaban J connectivity index is 2.20. The first-order chi connectivity index (χ1) is 10.4. The highest BCUT2D eigenvalue weighted by atomic mass is 35.5. The molecule has 2 aromatic rings. The molecule has 2 rings (SSSR count). The van der Waals surface area contributed by atoms with Crippen LogP contribution in [-0.4, -0.2) is 35.6 Å². The van der Waals surface area contributed by atoms with E-state index in [-0.39, 0.29) is 11.4 Å². The third-order valence-electron chi connectivity index (χ3n) is 3.17. The summed E-state index contributed by atoms with van der Waals surface area (Å²) in [7, 11) is -1.77. The van der Waals surface area contributed by atoms with E-state index in [1.165, 1.54) is 10.4 Å². The second-order valence-electron chi connectivity index (χ2n) is 4.88. The molecule has 0 radical (unpaired) electrons.